The molecule has 0 saturated heterocycles. The van der Waals surface area contributed by atoms with E-state index in [0.29, 0.717) is 16.1 Å². The highest BCUT2D eigenvalue weighted by atomic mass is 32.1. The Morgan fingerprint density at radius 2 is 1.58 bits per heavy atom. The van der Waals surface area contributed by atoms with Crippen LogP contribution in [0.15, 0.2) is 60.7 Å². The van der Waals surface area contributed by atoms with Crippen LogP contribution in [-0.2, 0) is 0 Å². The molecule has 2 aromatic carbocycles. The van der Waals surface area contributed by atoms with E-state index in [1.165, 1.54) is 28.4 Å². The number of thiophene rings is 1. The van der Waals surface area contributed by atoms with Crippen molar-refractivity contribution in [1.29, 1.82) is 0 Å². The van der Waals surface area contributed by atoms with Crippen LogP contribution in [0.25, 0.3) is 10.4 Å². The van der Waals surface area contributed by atoms with Gasteiger partial charge < -0.3 is 10.2 Å². The maximum atomic E-state index is 13.0. The van der Waals surface area contributed by atoms with Crippen LogP contribution in [0.3, 0.4) is 0 Å². The van der Waals surface area contributed by atoms with Crippen LogP contribution in [-0.4, -0.2) is 30.8 Å². The summed E-state index contributed by atoms with van der Waals surface area (Å²) in [6, 6.07) is 16.5. The van der Waals surface area contributed by atoms with Gasteiger partial charge in [-0.3, -0.25) is 9.59 Å². The zero-order chi connectivity index (χ0) is 18.7. The Morgan fingerprint density at radius 3 is 2.19 bits per heavy atom. The third-order valence-electron chi connectivity index (χ3n) is 3.75. The van der Waals surface area contributed by atoms with E-state index >= 15 is 0 Å². The molecule has 0 bridgehead atoms. The fraction of sp³-hybridized carbons (Fsp3) is 0.100. The number of anilines is 1. The molecule has 0 aliphatic rings. The first kappa shape index (κ1) is 17.8. The molecule has 0 aliphatic carbocycles. The average molecular weight is 368 g/mol. The number of hydrogen-bond acceptors (Lipinski definition) is 3. The molecule has 1 aromatic heterocycles. The number of nitrogens with zero attached hydrogens (tertiary/aromatic N) is 1. The van der Waals surface area contributed by atoms with Crippen molar-refractivity contribution in [2.75, 3.05) is 19.4 Å². The Bertz CT molecular complexity index is 931. The molecule has 0 saturated carbocycles. The molecule has 26 heavy (non-hydrogen) atoms. The van der Waals surface area contributed by atoms with Crippen LogP contribution in [0, 0.1) is 5.82 Å². The number of carbonyl (C=O) groups is 2. The van der Waals surface area contributed by atoms with Gasteiger partial charge in [0, 0.05) is 30.2 Å². The number of hydrogen-bond donors (Lipinski definition) is 1. The van der Waals surface area contributed by atoms with E-state index in [0.717, 1.165) is 10.4 Å². The van der Waals surface area contributed by atoms with Gasteiger partial charge in [-0.25, -0.2) is 4.39 Å². The Morgan fingerprint density at radius 1 is 0.923 bits per heavy atom. The van der Waals surface area contributed by atoms with Gasteiger partial charge >= 0.3 is 0 Å². The minimum atomic E-state index is -0.292. The Labute approximate surface area is 154 Å². The zero-order valence-corrected chi connectivity index (χ0v) is 15.1. The first-order chi connectivity index (χ1) is 12.4. The summed E-state index contributed by atoms with van der Waals surface area (Å²) in [5.74, 6) is -0.611. The number of amides is 2. The lowest BCUT2D eigenvalue weighted by molar-refractivity contribution is 0.0827. The van der Waals surface area contributed by atoms with E-state index in [4.69, 9.17) is 0 Å². The molecule has 4 nitrogen and oxygen atoms in total. The van der Waals surface area contributed by atoms with E-state index in [9.17, 15) is 14.0 Å². The number of halogens is 1. The highest BCUT2D eigenvalue weighted by Crippen LogP contribution is 2.28. The van der Waals surface area contributed by atoms with E-state index in [1.807, 2.05) is 6.07 Å². The number of nitrogens with one attached hydrogen (secondary N) is 1. The van der Waals surface area contributed by atoms with E-state index in [1.54, 1.807) is 56.6 Å². The molecular weight excluding hydrogens is 351 g/mol. The van der Waals surface area contributed by atoms with Gasteiger partial charge in [-0.2, -0.15) is 0 Å². The van der Waals surface area contributed by atoms with Gasteiger partial charge in [-0.1, -0.05) is 12.1 Å². The molecule has 3 aromatic rings. The van der Waals surface area contributed by atoms with Crippen molar-refractivity contribution in [1.82, 2.24) is 4.90 Å². The monoisotopic (exact) mass is 368 g/mol. The Kier molecular flexibility index (Phi) is 5.14. The van der Waals surface area contributed by atoms with Crippen LogP contribution < -0.4 is 5.32 Å². The second kappa shape index (κ2) is 7.49. The van der Waals surface area contributed by atoms with Crippen molar-refractivity contribution in [2.45, 2.75) is 0 Å². The smallest absolute Gasteiger partial charge is 0.265 e. The normalized spacial score (nSPS) is 10.4. The summed E-state index contributed by atoms with van der Waals surface area (Å²) in [4.78, 5) is 27.2. The molecule has 0 unspecified atom stereocenters. The molecule has 1 N–H and O–H groups in total. The van der Waals surface area contributed by atoms with E-state index in [2.05, 4.69) is 5.32 Å². The fourth-order valence-corrected chi connectivity index (χ4v) is 3.28. The van der Waals surface area contributed by atoms with Gasteiger partial charge in [0.1, 0.15) is 5.82 Å². The van der Waals surface area contributed by atoms with Crippen molar-refractivity contribution in [2.24, 2.45) is 0 Å². The standard InChI is InChI=1S/C20H17FN2O2S/c1-23(2)20(25)14-5-9-16(10-6-14)22-19(24)18-12-11-17(26-18)13-3-7-15(21)8-4-13/h3-12H,1-2H3,(H,22,24). The van der Waals surface area contributed by atoms with Crippen molar-refractivity contribution in [3.05, 3.63) is 76.9 Å². The van der Waals surface area contributed by atoms with Crippen LogP contribution in [0.2, 0.25) is 0 Å². The molecule has 2 amide bonds. The summed E-state index contributed by atoms with van der Waals surface area (Å²) in [5.41, 5.74) is 2.03. The molecular formula is C20H17FN2O2S. The van der Waals surface area contributed by atoms with Gasteiger partial charge in [-0.15, -0.1) is 11.3 Å². The molecule has 132 valence electrons. The van der Waals surface area contributed by atoms with Gasteiger partial charge in [0.25, 0.3) is 11.8 Å². The first-order valence-electron chi connectivity index (χ1n) is 7.93. The average Bonchev–Trinajstić information content (AvgIpc) is 3.12. The first-order valence-corrected chi connectivity index (χ1v) is 8.74. The lowest BCUT2D eigenvalue weighted by atomic mass is 10.2. The van der Waals surface area contributed by atoms with Gasteiger partial charge in [0.15, 0.2) is 0 Å². The van der Waals surface area contributed by atoms with Crippen LogP contribution in [0.4, 0.5) is 10.1 Å². The molecule has 6 heteroatoms. The third kappa shape index (κ3) is 3.97. The SMILES string of the molecule is CN(C)C(=O)c1ccc(NC(=O)c2ccc(-c3ccc(F)cc3)s2)cc1. The number of rotatable bonds is 4. The third-order valence-corrected chi connectivity index (χ3v) is 4.89. The van der Waals surface area contributed by atoms with Crippen molar-refractivity contribution in [3.63, 3.8) is 0 Å². The lowest BCUT2D eigenvalue weighted by Gasteiger charge is -2.10. The number of carbonyl (C=O) groups excluding carboxylic acids is 2. The quantitative estimate of drug-likeness (QED) is 0.737. The summed E-state index contributed by atoms with van der Waals surface area (Å²) in [5, 5.41) is 2.81. The maximum absolute atomic E-state index is 13.0. The van der Waals surface area contributed by atoms with Gasteiger partial charge in [-0.05, 0) is 54.1 Å². The predicted molar refractivity (Wildman–Crippen MR) is 102 cm³/mol. The molecule has 0 fully saturated rings. The zero-order valence-electron chi connectivity index (χ0n) is 14.3. The highest BCUT2D eigenvalue weighted by molar-refractivity contribution is 7.17. The number of benzene rings is 2. The lowest BCUT2D eigenvalue weighted by Crippen LogP contribution is -2.21. The summed E-state index contributed by atoms with van der Waals surface area (Å²) in [7, 11) is 3.38. The Hall–Kier alpha value is -2.99. The van der Waals surface area contributed by atoms with E-state index < -0.39 is 0 Å². The Balaban J connectivity index is 1.70. The van der Waals surface area contributed by atoms with Crippen LogP contribution >= 0.6 is 11.3 Å². The van der Waals surface area contributed by atoms with E-state index in [-0.39, 0.29) is 17.6 Å². The van der Waals surface area contributed by atoms with Crippen molar-refractivity contribution < 1.29 is 14.0 Å². The van der Waals surface area contributed by atoms with Crippen LogP contribution in [0.5, 0.6) is 0 Å². The van der Waals surface area contributed by atoms with Crippen molar-refractivity contribution >= 4 is 28.8 Å². The van der Waals surface area contributed by atoms with Gasteiger partial charge in [0.2, 0.25) is 0 Å². The minimum Gasteiger partial charge on any atom is -0.345 e. The minimum absolute atomic E-state index is 0.0925. The predicted octanol–water partition coefficient (Wildman–Crippen LogP) is 4.51. The summed E-state index contributed by atoms with van der Waals surface area (Å²) in [6.07, 6.45) is 0. The van der Waals surface area contributed by atoms with Gasteiger partial charge in [0.05, 0.1) is 4.88 Å². The highest BCUT2D eigenvalue weighted by Gasteiger charge is 2.12. The fourth-order valence-electron chi connectivity index (χ4n) is 2.38. The second-order valence-electron chi connectivity index (χ2n) is 5.90. The topological polar surface area (TPSA) is 49.4 Å². The molecule has 0 radical (unpaired) electrons. The summed E-state index contributed by atoms with van der Waals surface area (Å²) in [6.45, 7) is 0. The molecule has 1 heterocycles. The van der Waals surface area contributed by atoms with Crippen molar-refractivity contribution in [3.8, 4) is 10.4 Å². The maximum Gasteiger partial charge on any atom is 0.265 e. The summed E-state index contributed by atoms with van der Waals surface area (Å²) >= 11 is 1.34. The molecule has 0 aliphatic heterocycles. The molecule has 0 atom stereocenters. The van der Waals surface area contributed by atoms with Crippen LogP contribution in [0.1, 0.15) is 20.0 Å². The molecule has 0 spiro atoms. The second-order valence-corrected chi connectivity index (χ2v) is 6.99. The molecule has 3 rings (SSSR count). The largest absolute Gasteiger partial charge is 0.345 e. The summed E-state index contributed by atoms with van der Waals surface area (Å²) < 4.78 is 13.0.